The van der Waals surface area contributed by atoms with Crippen LogP contribution >= 0.6 is 0 Å². The first-order valence-electron chi connectivity index (χ1n) is 7.39. The van der Waals surface area contributed by atoms with Crippen LogP contribution in [-0.2, 0) is 11.3 Å². The topological polar surface area (TPSA) is 66.8 Å². The Hall–Kier alpha value is -2.82. The highest BCUT2D eigenvalue weighted by Crippen LogP contribution is 2.34. The van der Waals surface area contributed by atoms with E-state index >= 15 is 0 Å². The van der Waals surface area contributed by atoms with E-state index in [-0.39, 0.29) is 11.9 Å². The van der Waals surface area contributed by atoms with Gasteiger partial charge in [-0.25, -0.2) is 4.79 Å². The summed E-state index contributed by atoms with van der Waals surface area (Å²) in [7, 11) is 0. The minimum Gasteiger partial charge on any atom is -0.482 e. The lowest BCUT2D eigenvalue weighted by atomic mass is 10.1. The van der Waals surface area contributed by atoms with Gasteiger partial charge >= 0.3 is 5.97 Å². The summed E-state index contributed by atoms with van der Waals surface area (Å²) in [5, 5.41) is 8.66. The molecule has 0 aromatic heterocycles. The van der Waals surface area contributed by atoms with Crippen molar-refractivity contribution in [3.05, 3.63) is 65.2 Å². The lowest BCUT2D eigenvalue weighted by Crippen LogP contribution is -2.28. The van der Waals surface area contributed by atoms with Crippen LogP contribution in [0.4, 0.5) is 0 Å². The van der Waals surface area contributed by atoms with E-state index in [4.69, 9.17) is 9.84 Å². The zero-order valence-electron chi connectivity index (χ0n) is 12.7. The molecular weight excluding hydrogens is 294 g/mol. The van der Waals surface area contributed by atoms with E-state index in [1.54, 1.807) is 29.2 Å². The van der Waals surface area contributed by atoms with Crippen molar-refractivity contribution in [1.29, 1.82) is 0 Å². The Kier molecular flexibility index (Phi) is 4.02. The number of hydrogen-bond acceptors (Lipinski definition) is 3. The number of benzene rings is 2. The van der Waals surface area contributed by atoms with Crippen molar-refractivity contribution in [1.82, 2.24) is 4.90 Å². The van der Waals surface area contributed by atoms with Crippen LogP contribution in [0.1, 0.15) is 34.5 Å². The summed E-state index contributed by atoms with van der Waals surface area (Å²) in [6.45, 7) is 2.16. The molecule has 1 amide bonds. The smallest absolute Gasteiger partial charge is 0.341 e. The number of carbonyl (C=O) groups excluding carboxylic acids is 1. The van der Waals surface area contributed by atoms with Gasteiger partial charge in [-0.15, -0.1) is 0 Å². The summed E-state index contributed by atoms with van der Waals surface area (Å²) in [6, 6.07) is 14.7. The molecule has 1 aliphatic heterocycles. The van der Waals surface area contributed by atoms with E-state index in [0.29, 0.717) is 17.9 Å². The number of hydrogen-bond donors (Lipinski definition) is 1. The fourth-order valence-electron chi connectivity index (χ4n) is 2.85. The van der Waals surface area contributed by atoms with Gasteiger partial charge in [0, 0.05) is 12.1 Å². The monoisotopic (exact) mass is 311 g/mol. The van der Waals surface area contributed by atoms with Gasteiger partial charge in [0.05, 0.1) is 6.04 Å². The van der Waals surface area contributed by atoms with E-state index in [0.717, 1.165) is 5.56 Å². The molecule has 1 heterocycles. The lowest BCUT2D eigenvalue weighted by Gasteiger charge is -2.22. The van der Waals surface area contributed by atoms with Gasteiger partial charge in [0.15, 0.2) is 6.61 Å². The highest BCUT2D eigenvalue weighted by molar-refractivity contribution is 5.95. The van der Waals surface area contributed by atoms with Gasteiger partial charge in [0.2, 0.25) is 0 Å². The Labute approximate surface area is 134 Å². The van der Waals surface area contributed by atoms with Crippen LogP contribution in [-0.4, -0.2) is 28.5 Å². The summed E-state index contributed by atoms with van der Waals surface area (Å²) < 4.78 is 5.14. The highest BCUT2D eigenvalue weighted by Gasteiger charge is 2.30. The van der Waals surface area contributed by atoms with Gasteiger partial charge in [0.1, 0.15) is 5.75 Å². The molecule has 1 aliphatic rings. The maximum Gasteiger partial charge on any atom is 0.341 e. The quantitative estimate of drug-likeness (QED) is 0.943. The predicted octanol–water partition coefficient (Wildman–Crippen LogP) is 2.87. The number of carboxylic acid groups (broad SMARTS) is 1. The van der Waals surface area contributed by atoms with Crippen LogP contribution in [0, 0.1) is 0 Å². The fraction of sp³-hybridized carbons (Fsp3) is 0.222. The number of ether oxygens (including phenoxy) is 1. The van der Waals surface area contributed by atoms with Gasteiger partial charge in [-0.1, -0.05) is 30.3 Å². The second-order valence-corrected chi connectivity index (χ2v) is 5.52. The zero-order valence-corrected chi connectivity index (χ0v) is 12.7. The van der Waals surface area contributed by atoms with E-state index < -0.39 is 12.6 Å². The van der Waals surface area contributed by atoms with E-state index in [1.807, 2.05) is 31.2 Å². The molecular formula is C18H17NO4. The van der Waals surface area contributed by atoms with Crippen LogP contribution in [0.15, 0.2) is 48.5 Å². The third kappa shape index (κ3) is 3.04. The molecule has 0 saturated heterocycles. The predicted molar refractivity (Wildman–Crippen MR) is 84.3 cm³/mol. The number of carbonyl (C=O) groups is 2. The van der Waals surface area contributed by atoms with Crippen LogP contribution in [0.3, 0.4) is 0 Å². The molecule has 2 aromatic rings. The second-order valence-electron chi connectivity index (χ2n) is 5.52. The molecule has 0 bridgehead atoms. The van der Waals surface area contributed by atoms with Gasteiger partial charge in [-0.05, 0) is 36.2 Å². The van der Waals surface area contributed by atoms with Gasteiger partial charge in [0.25, 0.3) is 5.91 Å². The van der Waals surface area contributed by atoms with E-state index in [2.05, 4.69) is 0 Å². The molecule has 2 aromatic carbocycles. The summed E-state index contributed by atoms with van der Waals surface area (Å²) >= 11 is 0. The number of nitrogens with zero attached hydrogens (tertiary/aromatic N) is 1. The Morgan fingerprint density at radius 2 is 2.00 bits per heavy atom. The first-order valence-corrected chi connectivity index (χ1v) is 7.39. The summed E-state index contributed by atoms with van der Waals surface area (Å²) in [4.78, 5) is 25.1. The molecule has 1 N–H and O–H groups in total. The van der Waals surface area contributed by atoms with E-state index in [9.17, 15) is 9.59 Å². The van der Waals surface area contributed by atoms with Crippen LogP contribution in [0.5, 0.6) is 5.75 Å². The van der Waals surface area contributed by atoms with Crippen LogP contribution in [0.2, 0.25) is 0 Å². The standard InChI is InChI=1S/C18H17NO4/c1-12-16-8-3-2-5-14(16)10-19(12)18(22)13-6-4-7-15(9-13)23-11-17(20)21/h2-9,12H,10-11H2,1H3,(H,20,21). The number of carboxylic acids is 1. The van der Waals surface area contributed by atoms with Gasteiger partial charge in [-0.3, -0.25) is 4.79 Å². The molecule has 0 spiro atoms. The highest BCUT2D eigenvalue weighted by atomic mass is 16.5. The Bertz CT molecular complexity index is 756. The normalized spacial score (nSPS) is 16.0. The van der Waals surface area contributed by atoms with Crippen molar-refractivity contribution in [3.8, 4) is 5.75 Å². The molecule has 0 aliphatic carbocycles. The van der Waals surface area contributed by atoms with Crippen molar-refractivity contribution >= 4 is 11.9 Å². The first-order chi connectivity index (χ1) is 11.1. The molecule has 0 fully saturated rings. The molecule has 5 heteroatoms. The Balaban J connectivity index is 1.79. The number of rotatable bonds is 4. The Morgan fingerprint density at radius 3 is 2.74 bits per heavy atom. The van der Waals surface area contributed by atoms with Crippen molar-refractivity contribution in [2.24, 2.45) is 0 Å². The van der Waals surface area contributed by atoms with Crippen molar-refractivity contribution in [2.75, 3.05) is 6.61 Å². The number of fused-ring (bicyclic) bond motifs is 1. The van der Waals surface area contributed by atoms with Gasteiger partial charge < -0.3 is 14.7 Å². The average Bonchev–Trinajstić information content (AvgIpc) is 2.90. The Morgan fingerprint density at radius 1 is 1.22 bits per heavy atom. The largest absolute Gasteiger partial charge is 0.482 e. The van der Waals surface area contributed by atoms with Gasteiger partial charge in [-0.2, -0.15) is 0 Å². The van der Waals surface area contributed by atoms with Crippen LogP contribution < -0.4 is 4.74 Å². The third-order valence-corrected chi connectivity index (χ3v) is 4.02. The second kappa shape index (κ2) is 6.12. The maximum absolute atomic E-state index is 12.8. The van der Waals surface area contributed by atoms with Crippen molar-refractivity contribution in [2.45, 2.75) is 19.5 Å². The number of amides is 1. The fourth-order valence-corrected chi connectivity index (χ4v) is 2.85. The molecule has 0 saturated carbocycles. The molecule has 118 valence electrons. The first kappa shape index (κ1) is 15.1. The summed E-state index contributed by atoms with van der Waals surface area (Å²) in [5.74, 6) is -0.762. The zero-order chi connectivity index (χ0) is 16.4. The minimum atomic E-state index is -1.05. The van der Waals surface area contributed by atoms with Crippen molar-refractivity contribution < 1.29 is 19.4 Å². The molecule has 1 unspecified atom stereocenters. The average molecular weight is 311 g/mol. The summed E-state index contributed by atoms with van der Waals surface area (Å²) in [5.41, 5.74) is 2.82. The SMILES string of the molecule is CC1c2ccccc2CN1C(=O)c1cccc(OCC(=O)O)c1. The molecule has 5 nitrogen and oxygen atoms in total. The molecule has 3 rings (SSSR count). The summed E-state index contributed by atoms with van der Waals surface area (Å²) in [6.07, 6.45) is 0. The lowest BCUT2D eigenvalue weighted by molar-refractivity contribution is -0.139. The van der Waals surface area contributed by atoms with Crippen LogP contribution in [0.25, 0.3) is 0 Å². The molecule has 1 atom stereocenters. The van der Waals surface area contributed by atoms with E-state index in [1.165, 1.54) is 5.56 Å². The maximum atomic E-state index is 12.8. The molecule has 0 radical (unpaired) electrons. The minimum absolute atomic E-state index is 0.0160. The van der Waals surface area contributed by atoms with Crippen molar-refractivity contribution in [3.63, 3.8) is 0 Å². The third-order valence-electron chi connectivity index (χ3n) is 4.02. The number of aliphatic carboxylic acids is 1. The molecule has 23 heavy (non-hydrogen) atoms.